The molecule has 1 aromatic rings. The minimum Gasteiger partial charge on any atom is -0.481 e. The molecule has 0 aliphatic rings. The van der Waals surface area contributed by atoms with Gasteiger partial charge in [-0.25, -0.2) is 9.78 Å². The quantitative estimate of drug-likeness (QED) is 0.624. The maximum absolute atomic E-state index is 12.0. The summed E-state index contributed by atoms with van der Waals surface area (Å²) < 4.78 is 10.1. The Labute approximate surface area is 116 Å². The average molecular weight is 283 g/mol. The number of anilines is 1. The van der Waals surface area contributed by atoms with Gasteiger partial charge in [0.15, 0.2) is 0 Å². The fourth-order valence-corrected chi connectivity index (χ4v) is 1.37. The van der Waals surface area contributed by atoms with Gasteiger partial charge in [-0.1, -0.05) is 0 Å². The molecule has 20 heavy (non-hydrogen) atoms. The van der Waals surface area contributed by atoms with Crippen LogP contribution in [0.1, 0.15) is 20.8 Å². The molecular formula is C12H17N3O5. The van der Waals surface area contributed by atoms with Crippen LogP contribution in [0.15, 0.2) is 12.3 Å². The minimum absolute atomic E-state index is 0.0519. The topological polar surface area (TPSA) is 94.8 Å². The van der Waals surface area contributed by atoms with E-state index in [2.05, 4.69) is 4.98 Å². The van der Waals surface area contributed by atoms with Crippen LogP contribution in [0.2, 0.25) is 0 Å². The Morgan fingerprint density at radius 2 is 2.05 bits per heavy atom. The summed E-state index contributed by atoms with van der Waals surface area (Å²) in [7, 11) is 2.77. The van der Waals surface area contributed by atoms with Gasteiger partial charge in [-0.2, -0.15) is 0 Å². The largest absolute Gasteiger partial charge is 0.481 e. The molecule has 1 rings (SSSR count). The van der Waals surface area contributed by atoms with Crippen molar-refractivity contribution in [3.05, 3.63) is 22.4 Å². The second-order valence-electron chi connectivity index (χ2n) is 5.01. The van der Waals surface area contributed by atoms with Crippen LogP contribution in [0.3, 0.4) is 0 Å². The molecule has 1 amide bonds. The van der Waals surface area contributed by atoms with Crippen molar-refractivity contribution in [3.8, 4) is 5.88 Å². The summed E-state index contributed by atoms with van der Waals surface area (Å²) in [4.78, 5) is 27.1. The highest BCUT2D eigenvalue weighted by Crippen LogP contribution is 2.30. The number of carbonyl (C=O) groups excluding carboxylic acids is 1. The van der Waals surface area contributed by atoms with Crippen molar-refractivity contribution < 1.29 is 19.2 Å². The molecule has 0 bridgehead atoms. The molecule has 0 fully saturated rings. The van der Waals surface area contributed by atoms with E-state index in [4.69, 9.17) is 9.47 Å². The van der Waals surface area contributed by atoms with Gasteiger partial charge in [0.05, 0.1) is 12.0 Å². The summed E-state index contributed by atoms with van der Waals surface area (Å²) in [5.41, 5.74) is -0.952. The van der Waals surface area contributed by atoms with Crippen LogP contribution in [0.25, 0.3) is 0 Å². The molecular weight excluding hydrogens is 266 g/mol. The van der Waals surface area contributed by atoms with Crippen molar-refractivity contribution in [2.75, 3.05) is 19.1 Å². The van der Waals surface area contributed by atoms with E-state index in [0.717, 1.165) is 11.1 Å². The Balaban J connectivity index is 3.15. The van der Waals surface area contributed by atoms with Crippen molar-refractivity contribution in [3.63, 3.8) is 0 Å². The van der Waals surface area contributed by atoms with Gasteiger partial charge in [-0.05, 0) is 20.8 Å². The van der Waals surface area contributed by atoms with E-state index in [9.17, 15) is 14.9 Å². The van der Waals surface area contributed by atoms with Gasteiger partial charge in [0.2, 0.25) is 5.88 Å². The predicted octanol–water partition coefficient (Wildman–Crippen LogP) is 2.37. The molecule has 0 aliphatic carbocycles. The zero-order chi connectivity index (χ0) is 15.5. The third-order valence-electron chi connectivity index (χ3n) is 2.27. The number of hydrogen-bond acceptors (Lipinski definition) is 6. The number of methoxy groups -OCH3 is 1. The molecule has 0 radical (unpaired) electrons. The summed E-state index contributed by atoms with van der Waals surface area (Å²) >= 11 is 0. The number of hydrogen-bond donors (Lipinski definition) is 0. The summed E-state index contributed by atoms with van der Waals surface area (Å²) in [6.07, 6.45) is 0.337. The van der Waals surface area contributed by atoms with Crippen molar-refractivity contribution >= 4 is 17.5 Å². The number of amides is 1. The number of aromatic nitrogens is 1. The Morgan fingerprint density at radius 1 is 1.45 bits per heavy atom. The molecule has 0 atom stereocenters. The number of rotatable bonds is 3. The van der Waals surface area contributed by atoms with Gasteiger partial charge in [-0.15, -0.1) is 0 Å². The highest BCUT2D eigenvalue weighted by molar-refractivity contribution is 5.90. The zero-order valence-electron chi connectivity index (χ0n) is 12.0. The van der Waals surface area contributed by atoms with E-state index in [-0.39, 0.29) is 17.3 Å². The first-order chi connectivity index (χ1) is 9.15. The summed E-state index contributed by atoms with van der Waals surface area (Å²) in [5, 5.41) is 11.0. The molecule has 8 nitrogen and oxygen atoms in total. The lowest BCUT2D eigenvalue weighted by molar-refractivity contribution is -0.384. The third-order valence-corrected chi connectivity index (χ3v) is 2.27. The molecule has 0 spiro atoms. The average Bonchev–Trinajstić information content (AvgIpc) is 2.34. The van der Waals surface area contributed by atoms with Crippen LogP contribution < -0.4 is 9.64 Å². The lowest BCUT2D eigenvalue weighted by Crippen LogP contribution is -2.34. The van der Waals surface area contributed by atoms with Gasteiger partial charge in [0.1, 0.15) is 17.5 Å². The molecule has 0 saturated heterocycles. The third kappa shape index (κ3) is 3.81. The van der Waals surface area contributed by atoms with E-state index in [1.807, 2.05) is 0 Å². The van der Waals surface area contributed by atoms with E-state index in [1.165, 1.54) is 20.2 Å². The number of nitro groups is 1. The lowest BCUT2D eigenvalue weighted by Gasteiger charge is -2.24. The molecule has 0 saturated carbocycles. The fourth-order valence-electron chi connectivity index (χ4n) is 1.37. The molecule has 0 unspecified atom stereocenters. The standard InChI is InChI=1S/C12H17N3O5/c1-12(2,3)20-11(16)14(4)8-6-10(19-5)13-7-9(8)15(17)18/h6-7H,1-5H3. The van der Waals surface area contributed by atoms with E-state index >= 15 is 0 Å². The van der Waals surface area contributed by atoms with E-state index in [0.29, 0.717) is 0 Å². The zero-order valence-corrected chi connectivity index (χ0v) is 12.0. The summed E-state index contributed by atoms with van der Waals surface area (Å²) in [6.45, 7) is 5.13. The van der Waals surface area contributed by atoms with Crippen molar-refractivity contribution in [1.82, 2.24) is 4.98 Å². The Hall–Kier alpha value is -2.38. The Kier molecular flexibility index (Phi) is 4.49. The van der Waals surface area contributed by atoms with Gasteiger partial charge in [0.25, 0.3) is 0 Å². The van der Waals surface area contributed by atoms with Gasteiger partial charge < -0.3 is 9.47 Å². The molecule has 0 aromatic carbocycles. The molecule has 1 heterocycles. The molecule has 8 heteroatoms. The van der Waals surface area contributed by atoms with Crippen LogP contribution >= 0.6 is 0 Å². The molecule has 0 N–H and O–H groups in total. The van der Waals surface area contributed by atoms with Crippen LogP contribution in [0.5, 0.6) is 5.88 Å². The second-order valence-corrected chi connectivity index (χ2v) is 5.01. The van der Waals surface area contributed by atoms with Crippen LogP contribution in [0.4, 0.5) is 16.2 Å². The molecule has 0 aliphatic heterocycles. The van der Waals surface area contributed by atoms with Gasteiger partial charge >= 0.3 is 11.8 Å². The highest BCUT2D eigenvalue weighted by atomic mass is 16.6. The lowest BCUT2D eigenvalue weighted by atomic mass is 10.2. The second kappa shape index (κ2) is 5.72. The normalized spacial score (nSPS) is 10.8. The van der Waals surface area contributed by atoms with Crippen molar-refractivity contribution in [2.24, 2.45) is 0 Å². The number of pyridine rings is 1. The number of carbonyl (C=O) groups is 1. The van der Waals surface area contributed by atoms with Crippen molar-refractivity contribution in [1.29, 1.82) is 0 Å². The SMILES string of the molecule is COc1cc(N(C)C(=O)OC(C)(C)C)c([N+](=O)[O-])cn1. The Bertz CT molecular complexity index is 524. The van der Waals surface area contributed by atoms with Crippen LogP contribution in [-0.2, 0) is 4.74 Å². The smallest absolute Gasteiger partial charge is 0.414 e. The molecule has 1 aromatic heterocycles. The highest BCUT2D eigenvalue weighted by Gasteiger charge is 2.26. The number of ether oxygens (including phenoxy) is 2. The Morgan fingerprint density at radius 3 is 2.50 bits per heavy atom. The number of nitrogens with zero attached hydrogens (tertiary/aromatic N) is 3. The van der Waals surface area contributed by atoms with Crippen LogP contribution in [-0.4, -0.2) is 35.8 Å². The summed E-state index contributed by atoms with van der Waals surface area (Å²) in [6, 6.07) is 1.31. The first kappa shape index (κ1) is 15.7. The maximum atomic E-state index is 12.0. The van der Waals surface area contributed by atoms with Crippen molar-refractivity contribution in [2.45, 2.75) is 26.4 Å². The predicted molar refractivity (Wildman–Crippen MR) is 72.1 cm³/mol. The monoisotopic (exact) mass is 283 g/mol. The fraction of sp³-hybridized carbons (Fsp3) is 0.500. The van der Waals surface area contributed by atoms with E-state index in [1.54, 1.807) is 20.8 Å². The van der Waals surface area contributed by atoms with Gasteiger partial charge in [-0.3, -0.25) is 15.0 Å². The van der Waals surface area contributed by atoms with Crippen LogP contribution in [0, 0.1) is 10.1 Å². The molecule has 110 valence electrons. The van der Waals surface area contributed by atoms with E-state index < -0.39 is 16.6 Å². The maximum Gasteiger partial charge on any atom is 0.414 e. The first-order valence-electron chi connectivity index (χ1n) is 5.81. The first-order valence-corrected chi connectivity index (χ1v) is 5.81. The minimum atomic E-state index is -0.700. The van der Waals surface area contributed by atoms with Gasteiger partial charge in [0, 0.05) is 13.1 Å². The summed E-state index contributed by atoms with van der Waals surface area (Å²) in [5.74, 6) is 0.168.